The number of fused-ring (bicyclic) bond motifs is 2. The van der Waals surface area contributed by atoms with Crippen LogP contribution in [0.15, 0.2) is 12.1 Å². The molecule has 1 N–H and O–H groups in total. The maximum atomic E-state index is 13.7. The van der Waals surface area contributed by atoms with Gasteiger partial charge in [0.25, 0.3) is 0 Å². The van der Waals surface area contributed by atoms with Gasteiger partial charge in [0.05, 0.1) is 5.60 Å². The summed E-state index contributed by atoms with van der Waals surface area (Å²) in [6, 6.07) is 3.68. The zero-order chi connectivity index (χ0) is 13.6. The van der Waals surface area contributed by atoms with Crippen molar-refractivity contribution >= 4 is 11.8 Å². The molecule has 3 heteroatoms. The van der Waals surface area contributed by atoms with Crippen LogP contribution in [0.2, 0.25) is 0 Å². The van der Waals surface area contributed by atoms with Crippen LogP contribution in [0.25, 0.3) is 0 Å². The Kier molecular flexibility index (Phi) is 3.38. The molecule has 2 aliphatic rings. The van der Waals surface area contributed by atoms with Crippen LogP contribution in [0.5, 0.6) is 0 Å². The van der Waals surface area contributed by atoms with Crippen molar-refractivity contribution in [2.24, 2.45) is 0 Å². The van der Waals surface area contributed by atoms with Crippen molar-refractivity contribution in [1.82, 2.24) is 0 Å². The van der Waals surface area contributed by atoms with Gasteiger partial charge in [-0.2, -0.15) is 11.8 Å². The largest absolute Gasteiger partial charge is 0.385 e. The Morgan fingerprint density at radius 2 is 1.68 bits per heavy atom. The molecule has 3 rings (SSSR count). The number of aliphatic hydroxyl groups is 1. The second kappa shape index (κ2) is 4.78. The summed E-state index contributed by atoms with van der Waals surface area (Å²) >= 11 is 2.05. The Morgan fingerprint density at radius 1 is 1.16 bits per heavy atom. The number of aryl methyl sites for hydroxylation is 2. The van der Waals surface area contributed by atoms with E-state index in [0.717, 1.165) is 18.4 Å². The molecule has 2 unspecified atom stereocenters. The van der Waals surface area contributed by atoms with Gasteiger partial charge >= 0.3 is 0 Å². The lowest BCUT2D eigenvalue weighted by molar-refractivity contribution is 0.00796. The first kappa shape index (κ1) is 13.4. The van der Waals surface area contributed by atoms with E-state index < -0.39 is 5.60 Å². The van der Waals surface area contributed by atoms with Gasteiger partial charge in [0.1, 0.15) is 5.82 Å². The summed E-state index contributed by atoms with van der Waals surface area (Å²) in [6.45, 7) is 3.57. The summed E-state index contributed by atoms with van der Waals surface area (Å²) < 4.78 is 13.7. The highest BCUT2D eigenvalue weighted by Gasteiger charge is 2.42. The second-order valence-corrected chi connectivity index (χ2v) is 7.78. The summed E-state index contributed by atoms with van der Waals surface area (Å²) in [5.74, 6) is -0.141. The summed E-state index contributed by atoms with van der Waals surface area (Å²) in [5, 5.41) is 12.2. The van der Waals surface area contributed by atoms with Crippen LogP contribution in [0.4, 0.5) is 4.39 Å². The van der Waals surface area contributed by atoms with Crippen LogP contribution < -0.4 is 0 Å². The number of hydrogen-bond donors (Lipinski definition) is 1. The SMILES string of the molecule is Cc1cc(C2(O)CC3CCCC(C2)S3)cc(C)c1F. The lowest BCUT2D eigenvalue weighted by Crippen LogP contribution is -2.40. The fourth-order valence-electron chi connectivity index (χ4n) is 3.57. The molecule has 0 saturated carbocycles. The maximum Gasteiger partial charge on any atom is 0.129 e. The number of thioether (sulfide) groups is 1. The molecule has 2 aliphatic heterocycles. The monoisotopic (exact) mass is 280 g/mol. The van der Waals surface area contributed by atoms with Gasteiger partial charge in [-0.1, -0.05) is 18.6 Å². The van der Waals surface area contributed by atoms with E-state index in [1.165, 1.54) is 19.3 Å². The van der Waals surface area contributed by atoms with Crippen molar-refractivity contribution in [3.8, 4) is 0 Å². The first-order valence-corrected chi connectivity index (χ1v) is 8.07. The first-order valence-electron chi connectivity index (χ1n) is 7.13. The van der Waals surface area contributed by atoms with Gasteiger partial charge in [-0.05, 0) is 56.2 Å². The van der Waals surface area contributed by atoms with Gasteiger partial charge < -0.3 is 5.11 Å². The van der Waals surface area contributed by atoms with E-state index in [2.05, 4.69) is 0 Å². The minimum Gasteiger partial charge on any atom is -0.385 e. The van der Waals surface area contributed by atoms with E-state index in [4.69, 9.17) is 0 Å². The Labute approximate surface area is 118 Å². The van der Waals surface area contributed by atoms with Gasteiger partial charge in [-0.15, -0.1) is 0 Å². The Hall–Kier alpha value is -0.540. The molecule has 0 spiro atoms. The van der Waals surface area contributed by atoms with E-state index in [0.29, 0.717) is 21.6 Å². The van der Waals surface area contributed by atoms with Gasteiger partial charge in [0, 0.05) is 10.5 Å². The molecule has 2 saturated heterocycles. The Bertz CT molecular complexity index is 465. The molecule has 1 nitrogen and oxygen atoms in total. The molecule has 104 valence electrons. The van der Waals surface area contributed by atoms with Crippen LogP contribution in [0.1, 0.15) is 48.8 Å². The molecule has 2 fully saturated rings. The average molecular weight is 280 g/mol. The molecule has 19 heavy (non-hydrogen) atoms. The summed E-state index contributed by atoms with van der Waals surface area (Å²) in [5.41, 5.74) is 1.46. The van der Waals surface area contributed by atoms with Crippen LogP contribution in [-0.4, -0.2) is 15.6 Å². The van der Waals surface area contributed by atoms with Gasteiger partial charge in [0.15, 0.2) is 0 Å². The lowest BCUT2D eigenvalue weighted by Gasteiger charge is -2.44. The van der Waals surface area contributed by atoms with Gasteiger partial charge in [-0.25, -0.2) is 4.39 Å². The topological polar surface area (TPSA) is 20.2 Å². The Balaban J connectivity index is 1.96. The third-order valence-corrected chi connectivity index (χ3v) is 6.12. The van der Waals surface area contributed by atoms with Crippen LogP contribution in [-0.2, 0) is 5.60 Å². The molecule has 0 amide bonds. The minimum atomic E-state index is -0.746. The zero-order valence-corrected chi connectivity index (χ0v) is 12.4. The number of halogens is 1. The smallest absolute Gasteiger partial charge is 0.129 e. The molecule has 0 radical (unpaired) electrons. The number of hydrogen-bond acceptors (Lipinski definition) is 2. The molecule has 1 aromatic rings. The van der Waals surface area contributed by atoms with Crippen molar-refractivity contribution in [3.05, 3.63) is 34.6 Å². The fraction of sp³-hybridized carbons (Fsp3) is 0.625. The Morgan fingerprint density at radius 3 is 2.21 bits per heavy atom. The second-order valence-electron chi connectivity index (χ2n) is 6.17. The predicted molar refractivity (Wildman–Crippen MR) is 78.0 cm³/mol. The number of benzene rings is 1. The highest BCUT2D eigenvalue weighted by atomic mass is 32.2. The molecule has 0 aromatic heterocycles. The summed E-state index contributed by atoms with van der Waals surface area (Å²) in [7, 11) is 0. The minimum absolute atomic E-state index is 0.141. The normalized spacial score (nSPS) is 34.3. The summed E-state index contributed by atoms with van der Waals surface area (Å²) in [6.07, 6.45) is 5.35. The van der Waals surface area contributed by atoms with E-state index in [-0.39, 0.29) is 5.82 Å². The van der Waals surface area contributed by atoms with E-state index >= 15 is 0 Å². The maximum absolute atomic E-state index is 13.7. The van der Waals surface area contributed by atoms with Crippen molar-refractivity contribution in [3.63, 3.8) is 0 Å². The third-order valence-electron chi connectivity index (χ3n) is 4.54. The van der Waals surface area contributed by atoms with E-state index in [1.807, 2.05) is 23.9 Å². The molecule has 2 heterocycles. The molecule has 2 bridgehead atoms. The fourth-order valence-corrected chi connectivity index (χ4v) is 5.46. The molecule has 2 atom stereocenters. The van der Waals surface area contributed by atoms with Gasteiger partial charge in [-0.3, -0.25) is 0 Å². The average Bonchev–Trinajstić information content (AvgIpc) is 2.34. The molecule has 1 aromatic carbocycles. The molecule has 0 aliphatic carbocycles. The van der Waals surface area contributed by atoms with E-state index in [1.54, 1.807) is 13.8 Å². The highest BCUT2D eigenvalue weighted by Crippen LogP contribution is 2.49. The predicted octanol–water partition coefficient (Wildman–Crippen LogP) is 4.08. The van der Waals surface area contributed by atoms with Crippen LogP contribution >= 0.6 is 11.8 Å². The summed E-state index contributed by atoms with van der Waals surface area (Å²) in [4.78, 5) is 0. The standard InChI is InChI=1S/C16H21FOS/c1-10-6-12(7-11(2)15(10)17)16(18)8-13-4-3-5-14(9-16)19-13/h6-7,13-14,18H,3-5,8-9H2,1-2H3. The molecular weight excluding hydrogens is 259 g/mol. The van der Waals surface area contributed by atoms with Crippen molar-refractivity contribution in [1.29, 1.82) is 0 Å². The third kappa shape index (κ3) is 2.43. The van der Waals surface area contributed by atoms with Crippen LogP contribution in [0.3, 0.4) is 0 Å². The zero-order valence-electron chi connectivity index (χ0n) is 11.6. The van der Waals surface area contributed by atoms with Crippen molar-refractivity contribution < 1.29 is 9.50 Å². The van der Waals surface area contributed by atoms with Crippen molar-refractivity contribution in [2.75, 3.05) is 0 Å². The highest BCUT2D eigenvalue weighted by molar-refractivity contribution is 8.00. The molecular formula is C16H21FOS. The quantitative estimate of drug-likeness (QED) is 0.836. The van der Waals surface area contributed by atoms with Crippen LogP contribution in [0, 0.1) is 19.7 Å². The lowest BCUT2D eigenvalue weighted by atomic mass is 9.79. The van der Waals surface area contributed by atoms with E-state index in [9.17, 15) is 9.50 Å². The van der Waals surface area contributed by atoms with Gasteiger partial charge in [0.2, 0.25) is 0 Å². The first-order chi connectivity index (χ1) is 8.98. The number of rotatable bonds is 1. The van der Waals surface area contributed by atoms with Crippen molar-refractivity contribution in [2.45, 2.75) is 62.1 Å².